The molecule has 0 bridgehead atoms. The Bertz CT molecular complexity index is 1690. The third-order valence-corrected chi connectivity index (χ3v) is 11.8. The van der Waals surface area contributed by atoms with E-state index in [9.17, 15) is 24.0 Å². The van der Waals surface area contributed by atoms with E-state index in [1.165, 1.54) is 46.7 Å². The number of thiazole rings is 1. The van der Waals surface area contributed by atoms with Gasteiger partial charge in [0.1, 0.15) is 29.3 Å². The van der Waals surface area contributed by atoms with Gasteiger partial charge in [-0.3, -0.25) is 19.3 Å². The van der Waals surface area contributed by atoms with Crippen LogP contribution in [0.25, 0.3) is 0 Å². The van der Waals surface area contributed by atoms with Crippen molar-refractivity contribution in [3.63, 3.8) is 0 Å². The Labute approximate surface area is 336 Å². The molecule has 23 heteroatoms. The number of nitrogen functional groups attached to an aromatic ring is 1. The van der Waals surface area contributed by atoms with Crippen molar-refractivity contribution >= 4 is 69.9 Å². The number of amides is 2. The molecule has 4 heterocycles. The van der Waals surface area contributed by atoms with Gasteiger partial charge in [0.25, 0.3) is 5.91 Å². The zero-order valence-electron chi connectivity index (χ0n) is 31.7. The number of hydrogen-bond donors (Lipinski definition) is 5. The van der Waals surface area contributed by atoms with Gasteiger partial charge in [-0.2, -0.15) is 0 Å². The third kappa shape index (κ3) is 13.3. The highest BCUT2D eigenvalue weighted by Gasteiger charge is 2.54. The number of carbonyl (C=O) groups is 5. The number of hydrogen-bond acceptors (Lipinski definition) is 19. The second-order valence-electron chi connectivity index (χ2n) is 13.5. The van der Waals surface area contributed by atoms with Gasteiger partial charge in [0.05, 0.1) is 18.7 Å². The minimum atomic E-state index is -1.27. The van der Waals surface area contributed by atoms with E-state index in [2.05, 4.69) is 25.8 Å². The fourth-order valence-corrected chi connectivity index (χ4v) is 8.76. The highest BCUT2D eigenvalue weighted by molar-refractivity contribution is 8.01. The second kappa shape index (κ2) is 22.1. The molecule has 1 aliphatic carbocycles. The first-order valence-corrected chi connectivity index (χ1v) is 21.1. The first-order valence-electron chi connectivity index (χ1n) is 18.2. The number of tetrazole rings is 1. The van der Waals surface area contributed by atoms with Crippen LogP contribution in [0, 0.1) is 0 Å². The first-order chi connectivity index (χ1) is 26.8. The predicted octanol–water partition coefficient (Wildman–Crippen LogP) is 1.16. The second-order valence-corrected chi connectivity index (χ2v) is 16.4. The molecule has 1 saturated carbocycles. The van der Waals surface area contributed by atoms with E-state index < -0.39 is 47.7 Å². The topological polar surface area (TPSA) is 286 Å². The smallest absolute Gasteiger partial charge is 0.480 e. The van der Waals surface area contributed by atoms with E-state index in [1.807, 2.05) is 19.0 Å². The lowest BCUT2D eigenvalue weighted by Crippen LogP contribution is -2.70. The van der Waals surface area contributed by atoms with Gasteiger partial charge in [-0.1, -0.05) is 24.6 Å². The van der Waals surface area contributed by atoms with Gasteiger partial charge in [-0.05, 0) is 75.2 Å². The number of unbranched alkanes of at least 4 members (excludes halogenated alkanes) is 1. The zero-order chi connectivity index (χ0) is 40.8. The summed E-state index contributed by atoms with van der Waals surface area (Å²) in [6.45, 7) is 3.31. The monoisotopic (exact) mass is 841 g/mol. The molecule has 2 unspecified atom stereocenters. The summed E-state index contributed by atoms with van der Waals surface area (Å²) in [4.78, 5) is 69.7. The molecule has 4 atom stereocenters. The minimum absolute atomic E-state index is 0.0319. The Balaban J connectivity index is 0.000000613. The summed E-state index contributed by atoms with van der Waals surface area (Å²) >= 11 is 3.97. The van der Waals surface area contributed by atoms with Crippen molar-refractivity contribution in [1.29, 1.82) is 0 Å². The summed E-state index contributed by atoms with van der Waals surface area (Å²) in [5.41, 5.74) is 17.3. The lowest BCUT2D eigenvalue weighted by atomic mass is 9.98. The number of aromatic nitrogens is 5. The van der Waals surface area contributed by atoms with Crippen LogP contribution in [-0.2, 0) is 46.4 Å². The Morgan fingerprint density at radius 1 is 1.16 bits per heavy atom. The number of fused-ring (bicyclic) bond motifs is 1. The number of ether oxygens (including phenoxy) is 3. The summed E-state index contributed by atoms with van der Waals surface area (Å²) in [6.07, 6.45) is 4.31. The van der Waals surface area contributed by atoms with E-state index in [4.69, 9.17) is 36.5 Å². The lowest BCUT2D eigenvalue weighted by Gasteiger charge is -2.49. The van der Waals surface area contributed by atoms with Crippen LogP contribution in [0.4, 0.5) is 9.93 Å². The molecule has 2 aliphatic heterocycles. The van der Waals surface area contributed by atoms with E-state index >= 15 is 0 Å². The van der Waals surface area contributed by atoms with Crippen LogP contribution in [0.1, 0.15) is 64.0 Å². The number of anilines is 1. The van der Waals surface area contributed by atoms with Crippen molar-refractivity contribution < 1.29 is 43.3 Å². The molecule has 2 amide bonds. The molecule has 2 fully saturated rings. The molecule has 0 spiro atoms. The molecule has 1 saturated heterocycles. The van der Waals surface area contributed by atoms with Crippen LogP contribution < -0.4 is 22.5 Å². The largest absolute Gasteiger partial charge is 0.511 e. The highest BCUT2D eigenvalue weighted by Crippen LogP contribution is 2.42. The van der Waals surface area contributed by atoms with E-state index in [0.29, 0.717) is 46.8 Å². The van der Waals surface area contributed by atoms with Crippen LogP contribution in [0.2, 0.25) is 0 Å². The average Bonchev–Trinajstić information content (AvgIpc) is 3.79. The molecular weight excluding hydrogens is 791 g/mol. The summed E-state index contributed by atoms with van der Waals surface area (Å²) in [6, 6.07) is -1.56. The number of rotatable bonds is 18. The number of esters is 1. The van der Waals surface area contributed by atoms with Crippen LogP contribution in [-0.4, -0.2) is 139 Å². The Morgan fingerprint density at radius 2 is 1.91 bits per heavy atom. The molecule has 2 aromatic heterocycles. The van der Waals surface area contributed by atoms with Crippen LogP contribution in [0.5, 0.6) is 0 Å². The highest BCUT2D eigenvalue weighted by atomic mass is 32.2. The van der Waals surface area contributed by atoms with Crippen LogP contribution in [0.15, 0.2) is 21.8 Å². The maximum atomic E-state index is 13.6. The number of carbonyl (C=O) groups excluding carboxylic acids is 4. The standard InChI is InChI=1S/C27H37N9O7S3.C6H14N2O2/c1-15(42-27(40)43-18-7-5-4-6-8-18)41-24(39)21-16(13-46-26-31-32-33-35(26)10-9-34(2)3)12-44-23-20(22(38)36(21)23)30-19(37)11-17-14-45-25(28)29-17;7-4-2-1-3-5(8)6(9)10/h14-15,18,20,23H,4-13H2,1-3H3,(H2,28,29)(H,30,37);5H,1-4,7-8H2,(H,9,10)/t15?,20-,23-;/m1./s1. The Morgan fingerprint density at radius 3 is 2.57 bits per heavy atom. The molecule has 5 rings (SSSR count). The van der Waals surface area contributed by atoms with Crippen molar-refractivity contribution in [3.05, 3.63) is 22.3 Å². The molecule has 3 aliphatic rings. The summed E-state index contributed by atoms with van der Waals surface area (Å²) in [5, 5.41) is 25.1. The molecule has 56 heavy (non-hydrogen) atoms. The van der Waals surface area contributed by atoms with Gasteiger partial charge in [-0.25, -0.2) is 19.3 Å². The number of nitrogens with zero attached hydrogens (tertiary/aromatic N) is 7. The number of carboxylic acid groups (broad SMARTS) is 1. The predicted molar refractivity (Wildman–Crippen MR) is 208 cm³/mol. The van der Waals surface area contributed by atoms with Crippen LogP contribution >= 0.6 is 34.9 Å². The molecule has 0 aromatic carbocycles. The first kappa shape index (κ1) is 44.7. The number of thioether (sulfide) groups is 2. The summed E-state index contributed by atoms with van der Waals surface area (Å²) < 4.78 is 17.8. The maximum absolute atomic E-state index is 13.6. The maximum Gasteiger partial charge on any atom is 0.511 e. The molecular formula is C33H51N11O9S3. The quantitative estimate of drug-likeness (QED) is 0.0463. The fraction of sp³-hybridized carbons (Fsp3) is 0.667. The van der Waals surface area contributed by atoms with Gasteiger partial charge in [0, 0.05) is 30.4 Å². The van der Waals surface area contributed by atoms with Crippen molar-refractivity contribution in [3.8, 4) is 0 Å². The number of nitrogens with one attached hydrogen (secondary N) is 1. The minimum Gasteiger partial charge on any atom is -0.480 e. The van der Waals surface area contributed by atoms with Gasteiger partial charge in [-0.15, -0.1) is 28.2 Å². The molecule has 20 nitrogen and oxygen atoms in total. The fourth-order valence-electron chi connectivity index (χ4n) is 5.81. The summed E-state index contributed by atoms with van der Waals surface area (Å²) in [7, 11) is 3.90. The lowest BCUT2D eigenvalue weighted by molar-refractivity contribution is -0.170. The van der Waals surface area contributed by atoms with Crippen molar-refractivity contribution in [2.75, 3.05) is 44.4 Å². The van der Waals surface area contributed by atoms with E-state index in [1.54, 1.807) is 10.1 Å². The van der Waals surface area contributed by atoms with E-state index in [-0.39, 0.29) is 29.9 Å². The average molecular weight is 842 g/mol. The number of nitrogens with two attached hydrogens (primary N) is 3. The summed E-state index contributed by atoms with van der Waals surface area (Å²) in [5.74, 6) is -1.95. The number of β-lactam (4-membered cyclic amide) rings is 1. The normalized spacial score (nSPS) is 19.2. The molecule has 2 aromatic rings. The Kier molecular flexibility index (Phi) is 17.6. The molecule has 8 N–H and O–H groups in total. The molecule has 310 valence electrons. The van der Waals surface area contributed by atoms with Gasteiger partial charge in [0.2, 0.25) is 17.4 Å². The van der Waals surface area contributed by atoms with Gasteiger partial charge in [0.15, 0.2) is 5.13 Å². The SMILES string of the molecule is CC(OC(=O)OC1CCCCC1)OC(=O)C1=C(CSc2nnnn2CCN(C)C)CS[C@@H]2[C@H](NC(=O)Cc3csc(N)n3)C(=O)N12.NCCCCC(N)C(=O)O. The number of likely N-dealkylation sites (N-methyl/N-ethyl adjacent to an activating group) is 1. The molecule has 0 radical (unpaired) electrons. The third-order valence-electron chi connectivity index (χ3n) is 8.74. The Hall–Kier alpha value is -4.03. The zero-order valence-corrected chi connectivity index (χ0v) is 34.1. The van der Waals surface area contributed by atoms with Gasteiger partial charge >= 0.3 is 18.1 Å². The number of aliphatic carboxylic acids is 1. The van der Waals surface area contributed by atoms with Crippen LogP contribution in [0.3, 0.4) is 0 Å². The number of carboxylic acids is 1. The van der Waals surface area contributed by atoms with Gasteiger partial charge < -0.3 is 46.7 Å². The van der Waals surface area contributed by atoms with Crippen molar-refractivity contribution in [1.82, 2.24) is 40.3 Å². The van der Waals surface area contributed by atoms with E-state index in [0.717, 1.165) is 51.5 Å². The van der Waals surface area contributed by atoms with Crippen molar-refractivity contribution in [2.24, 2.45) is 11.5 Å². The van der Waals surface area contributed by atoms with Crippen molar-refractivity contribution in [2.45, 2.75) is 106 Å².